The lowest BCUT2D eigenvalue weighted by Gasteiger charge is -2.23. The lowest BCUT2D eigenvalue weighted by molar-refractivity contribution is 0.175. The van der Waals surface area contributed by atoms with E-state index in [1.165, 1.54) is 31.5 Å². The Morgan fingerprint density at radius 3 is 2.17 bits per heavy atom. The fourth-order valence-electron chi connectivity index (χ4n) is 4.09. The summed E-state index contributed by atoms with van der Waals surface area (Å²) >= 11 is 0. The van der Waals surface area contributed by atoms with Crippen molar-refractivity contribution in [2.24, 2.45) is 11.8 Å². The minimum atomic E-state index is 0.288. The summed E-state index contributed by atoms with van der Waals surface area (Å²) in [6.07, 6.45) is 2.65. The van der Waals surface area contributed by atoms with Crippen molar-refractivity contribution in [1.29, 1.82) is 0 Å². The lowest BCUT2D eigenvalue weighted by Crippen LogP contribution is -2.31. The van der Waals surface area contributed by atoms with E-state index in [1.54, 1.807) is 14.2 Å². The number of ether oxygens (including phenoxy) is 2. The second kappa shape index (κ2) is 8.19. The average molecular weight is 334 g/mol. The van der Waals surface area contributed by atoms with Gasteiger partial charge in [-0.1, -0.05) is 0 Å². The molecule has 3 rings (SSSR count). The third-order valence-electron chi connectivity index (χ3n) is 5.40. The Labute approximate surface area is 145 Å². The van der Waals surface area contributed by atoms with Crippen molar-refractivity contribution in [2.75, 3.05) is 53.6 Å². The Kier molecular flexibility index (Phi) is 5.98. The van der Waals surface area contributed by atoms with Crippen LogP contribution in [0.15, 0.2) is 18.2 Å². The van der Waals surface area contributed by atoms with Crippen molar-refractivity contribution in [3.63, 3.8) is 0 Å². The van der Waals surface area contributed by atoms with Gasteiger partial charge < -0.3 is 19.5 Å². The predicted molar refractivity (Wildman–Crippen MR) is 94.6 cm³/mol. The molecule has 1 N–H and O–H groups in total. The fourth-order valence-corrected chi connectivity index (χ4v) is 4.09. The summed E-state index contributed by atoms with van der Waals surface area (Å²) in [7, 11) is 3.37. The van der Waals surface area contributed by atoms with E-state index >= 15 is 0 Å². The Balaban J connectivity index is 1.63. The number of benzene rings is 1. The molecule has 1 aromatic carbocycles. The Bertz CT molecular complexity index is 509. The molecule has 134 valence electrons. The van der Waals surface area contributed by atoms with Crippen LogP contribution in [0.1, 0.15) is 18.4 Å². The van der Waals surface area contributed by atoms with Gasteiger partial charge in [0, 0.05) is 38.9 Å². The summed E-state index contributed by atoms with van der Waals surface area (Å²) in [5.41, 5.74) is 1.20. The molecule has 0 aromatic heterocycles. The van der Waals surface area contributed by atoms with E-state index in [1.807, 2.05) is 6.07 Å². The molecule has 0 saturated carbocycles. The molecular weight excluding hydrogens is 304 g/mol. The second-order valence-electron chi connectivity index (χ2n) is 7.13. The summed E-state index contributed by atoms with van der Waals surface area (Å²) in [6, 6.07) is 6.05. The molecule has 0 spiro atoms. The molecule has 0 unspecified atom stereocenters. The van der Waals surface area contributed by atoms with Crippen molar-refractivity contribution in [2.45, 2.75) is 19.4 Å². The smallest absolute Gasteiger partial charge is 0.122 e. The highest BCUT2D eigenvalue weighted by Gasteiger charge is 2.33. The van der Waals surface area contributed by atoms with Crippen LogP contribution in [0.3, 0.4) is 0 Å². The molecule has 2 saturated heterocycles. The van der Waals surface area contributed by atoms with Crippen molar-refractivity contribution in [3.05, 3.63) is 23.8 Å². The summed E-state index contributed by atoms with van der Waals surface area (Å²) in [6.45, 7) is 6.76. The van der Waals surface area contributed by atoms with Gasteiger partial charge in [0.15, 0.2) is 0 Å². The molecule has 2 aliphatic rings. The molecule has 2 atom stereocenters. The average Bonchev–Trinajstić information content (AvgIpc) is 3.24. The van der Waals surface area contributed by atoms with Crippen LogP contribution in [0.4, 0.5) is 0 Å². The van der Waals surface area contributed by atoms with Crippen molar-refractivity contribution in [1.82, 2.24) is 9.80 Å². The van der Waals surface area contributed by atoms with Crippen LogP contribution < -0.4 is 9.47 Å². The molecule has 5 nitrogen and oxygen atoms in total. The molecule has 0 radical (unpaired) electrons. The fraction of sp³-hybridized carbons (Fsp3) is 0.684. The molecule has 0 aliphatic carbocycles. The zero-order valence-electron chi connectivity index (χ0n) is 14.9. The minimum Gasteiger partial charge on any atom is -0.497 e. The molecule has 5 heteroatoms. The third-order valence-corrected chi connectivity index (χ3v) is 5.40. The molecule has 0 amide bonds. The van der Waals surface area contributed by atoms with E-state index in [4.69, 9.17) is 9.47 Å². The first-order valence-electron chi connectivity index (χ1n) is 8.99. The minimum absolute atomic E-state index is 0.288. The molecule has 24 heavy (non-hydrogen) atoms. The van der Waals surface area contributed by atoms with Gasteiger partial charge in [0.1, 0.15) is 11.5 Å². The molecule has 0 bridgehead atoms. The zero-order chi connectivity index (χ0) is 16.9. The van der Waals surface area contributed by atoms with E-state index in [2.05, 4.69) is 21.9 Å². The van der Waals surface area contributed by atoms with E-state index in [0.29, 0.717) is 11.8 Å². The maximum absolute atomic E-state index is 9.77. The SMILES string of the molecule is COc1cc(CN2C[C@@H](CN3CCCC3)[C@@H](CO)C2)cc(OC)c1. The summed E-state index contributed by atoms with van der Waals surface area (Å²) in [5.74, 6) is 2.62. The number of methoxy groups -OCH3 is 2. The second-order valence-corrected chi connectivity index (χ2v) is 7.13. The van der Waals surface area contributed by atoms with Crippen LogP contribution in [0.5, 0.6) is 11.5 Å². The van der Waals surface area contributed by atoms with Gasteiger partial charge in [-0.3, -0.25) is 4.90 Å². The predicted octanol–water partition coefficient (Wildman–Crippen LogP) is 1.84. The first-order valence-corrected chi connectivity index (χ1v) is 8.99. The van der Waals surface area contributed by atoms with Crippen LogP contribution in [-0.4, -0.2) is 68.5 Å². The highest BCUT2D eigenvalue weighted by Crippen LogP contribution is 2.29. The van der Waals surface area contributed by atoms with Gasteiger partial charge in [0.05, 0.1) is 14.2 Å². The van der Waals surface area contributed by atoms with Crippen molar-refractivity contribution < 1.29 is 14.6 Å². The molecule has 2 heterocycles. The molecule has 2 aliphatic heterocycles. The number of hydrogen-bond donors (Lipinski definition) is 1. The first-order chi connectivity index (χ1) is 11.7. The first kappa shape index (κ1) is 17.5. The van der Waals surface area contributed by atoms with Gasteiger partial charge in [0.2, 0.25) is 0 Å². The monoisotopic (exact) mass is 334 g/mol. The molecular formula is C19H30N2O3. The van der Waals surface area contributed by atoms with Gasteiger partial charge in [-0.15, -0.1) is 0 Å². The number of aliphatic hydroxyl groups is 1. The summed E-state index contributed by atoms with van der Waals surface area (Å²) in [5, 5.41) is 9.77. The highest BCUT2D eigenvalue weighted by molar-refractivity contribution is 5.38. The highest BCUT2D eigenvalue weighted by atomic mass is 16.5. The Morgan fingerprint density at radius 1 is 0.958 bits per heavy atom. The third kappa shape index (κ3) is 4.21. The van der Waals surface area contributed by atoms with Crippen molar-refractivity contribution >= 4 is 0 Å². The van der Waals surface area contributed by atoms with E-state index in [0.717, 1.165) is 37.7 Å². The maximum atomic E-state index is 9.77. The number of aliphatic hydroxyl groups excluding tert-OH is 1. The summed E-state index contributed by atoms with van der Waals surface area (Å²) in [4.78, 5) is 5.02. The number of rotatable bonds is 7. The van der Waals surface area contributed by atoms with Crippen LogP contribution in [0.2, 0.25) is 0 Å². The summed E-state index contributed by atoms with van der Waals surface area (Å²) < 4.78 is 10.7. The lowest BCUT2D eigenvalue weighted by atomic mass is 9.96. The quantitative estimate of drug-likeness (QED) is 0.824. The van der Waals surface area contributed by atoms with Gasteiger partial charge in [-0.2, -0.15) is 0 Å². The Morgan fingerprint density at radius 2 is 1.58 bits per heavy atom. The topological polar surface area (TPSA) is 45.2 Å². The van der Waals surface area contributed by atoms with Gasteiger partial charge in [-0.25, -0.2) is 0 Å². The van der Waals surface area contributed by atoms with Gasteiger partial charge in [0.25, 0.3) is 0 Å². The van der Waals surface area contributed by atoms with Crippen molar-refractivity contribution in [3.8, 4) is 11.5 Å². The van der Waals surface area contributed by atoms with E-state index in [-0.39, 0.29) is 6.61 Å². The number of hydrogen-bond acceptors (Lipinski definition) is 5. The van der Waals surface area contributed by atoms with Crippen LogP contribution in [-0.2, 0) is 6.54 Å². The van der Waals surface area contributed by atoms with Gasteiger partial charge >= 0.3 is 0 Å². The number of nitrogens with zero attached hydrogens (tertiary/aromatic N) is 2. The molecule has 2 fully saturated rings. The van der Waals surface area contributed by atoms with Crippen LogP contribution in [0.25, 0.3) is 0 Å². The maximum Gasteiger partial charge on any atom is 0.122 e. The van der Waals surface area contributed by atoms with Gasteiger partial charge in [-0.05, 0) is 55.5 Å². The van der Waals surface area contributed by atoms with E-state index in [9.17, 15) is 5.11 Å². The van der Waals surface area contributed by atoms with E-state index < -0.39 is 0 Å². The number of likely N-dealkylation sites (tertiary alicyclic amines) is 2. The Hall–Kier alpha value is -1.30. The van der Waals surface area contributed by atoms with Crippen LogP contribution in [0, 0.1) is 11.8 Å². The molecule has 1 aromatic rings. The normalized spacial score (nSPS) is 25.3. The zero-order valence-corrected chi connectivity index (χ0v) is 14.9. The van der Waals surface area contributed by atoms with Crippen LogP contribution >= 0.6 is 0 Å². The standard InChI is InChI=1S/C19H30N2O3/c1-23-18-7-15(8-19(9-18)24-2)10-21-12-16(17(13-21)14-22)11-20-5-3-4-6-20/h7-9,16-17,22H,3-6,10-14H2,1-2H3/t16-,17-/m1/s1. The largest absolute Gasteiger partial charge is 0.497 e.